The minimum Gasteiger partial charge on any atom is -0.496 e. The average molecular weight is 298 g/mol. The van der Waals surface area contributed by atoms with Gasteiger partial charge in [0.2, 0.25) is 5.89 Å². The van der Waals surface area contributed by atoms with Crippen molar-refractivity contribution in [3.05, 3.63) is 36.2 Å². The molecular weight excluding hydrogens is 280 g/mol. The van der Waals surface area contributed by atoms with Crippen LogP contribution in [0.5, 0.6) is 11.5 Å². The van der Waals surface area contributed by atoms with Crippen molar-refractivity contribution in [2.45, 2.75) is 19.8 Å². The molecule has 0 aliphatic rings. The molecule has 2 aromatic heterocycles. The van der Waals surface area contributed by atoms with Gasteiger partial charge in [-0.3, -0.25) is 4.98 Å². The largest absolute Gasteiger partial charge is 0.496 e. The number of pyridine rings is 1. The van der Waals surface area contributed by atoms with Gasteiger partial charge in [-0.1, -0.05) is 13.8 Å². The van der Waals surface area contributed by atoms with Crippen LogP contribution >= 0.6 is 0 Å². The number of fused-ring (bicyclic) bond motifs is 1. The molecule has 0 radical (unpaired) electrons. The van der Waals surface area contributed by atoms with E-state index >= 15 is 0 Å². The second-order valence-electron chi connectivity index (χ2n) is 5.31. The van der Waals surface area contributed by atoms with E-state index < -0.39 is 0 Å². The predicted octanol–water partition coefficient (Wildman–Crippen LogP) is 4.03. The molecule has 5 nitrogen and oxygen atoms in total. The van der Waals surface area contributed by atoms with Crippen molar-refractivity contribution in [1.29, 1.82) is 0 Å². The van der Waals surface area contributed by atoms with Gasteiger partial charge >= 0.3 is 0 Å². The molecule has 1 aromatic carbocycles. The van der Waals surface area contributed by atoms with E-state index in [0.717, 1.165) is 28.1 Å². The van der Waals surface area contributed by atoms with Crippen LogP contribution in [0.15, 0.2) is 35.0 Å². The van der Waals surface area contributed by atoms with Gasteiger partial charge in [0.05, 0.1) is 20.4 Å². The maximum absolute atomic E-state index is 5.77. The standard InChI is InChI=1S/C17H18N2O3/c1-10(2)16-13(20-3)7-11(8-14(16)21-4)17-19-12-5-6-18-9-15(12)22-17/h5-10H,1-4H3. The fraction of sp³-hybridized carbons (Fsp3) is 0.294. The van der Waals surface area contributed by atoms with Gasteiger partial charge in [-0.05, 0) is 24.1 Å². The Kier molecular flexibility index (Phi) is 3.71. The van der Waals surface area contributed by atoms with E-state index in [-0.39, 0.29) is 5.92 Å². The smallest absolute Gasteiger partial charge is 0.227 e. The first-order valence-corrected chi connectivity index (χ1v) is 7.11. The van der Waals surface area contributed by atoms with Crippen molar-refractivity contribution >= 4 is 11.1 Å². The number of oxazole rings is 1. The molecule has 0 amide bonds. The summed E-state index contributed by atoms with van der Waals surface area (Å²) in [6, 6.07) is 5.67. The fourth-order valence-electron chi connectivity index (χ4n) is 2.53. The number of nitrogens with zero attached hydrogens (tertiary/aromatic N) is 2. The Hall–Kier alpha value is -2.56. The number of aromatic nitrogens is 2. The minimum absolute atomic E-state index is 0.284. The summed E-state index contributed by atoms with van der Waals surface area (Å²) in [5.41, 5.74) is 3.28. The number of hydrogen-bond acceptors (Lipinski definition) is 5. The summed E-state index contributed by atoms with van der Waals surface area (Å²) in [4.78, 5) is 8.53. The topological polar surface area (TPSA) is 57.4 Å². The lowest BCUT2D eigenvalue weighted by Crippen LogP contribution is -1.99. The summed E-state index contributed by atoms with van der Waals surface area (Å²) in [5, 5.41) is 0. The monoisotopic (exact) mass is 298 g/mol. The zero-order chi connectivity index (χ0) is 15.7. The molecule has 0 unspecified atom stereocenters. The lowest BCUT2D eigenvalue weighted by atomic mass is 9.98. The summed E-state index contributed by atoms with van der Waals surface area (Å²) < 4.78 is 16.8. The van der Waals surface area contributed by atoms with Crippen LogP contribution in [0.2, 0.25) is 0 Å². The Bertz CT molecular complexity index is 751. The molecule has 0 N–H and O–H groups in total. The maximum atomic E-state index is 5.77. The van der Waals surface area contributed by atoms with Crippen molar-refractivity contribution in [1.82, 2.24) is 9.97 Å². The quantitative estimate of drug-likeness (QED) is 0.728. The van der Waals surface area contributed by atoms with Crippen LogP contribution in [0.1, 0.15) is 25.3 Å². The second kappa shape index (κ2) is 5.67. The van der Waals surface area contributed by atoms with Crippen LogP contribution in [0.4, 0.5) is 0 Å². The molecule has 5 heteroatoms. The molecule has 0 spiro atoms. The van der Waals surface area contributed by atoms with E-state index in [1.54, 1.807) is 26.6 Å². The first-order valence-electron chi connectivity index (χ1n) is 7.11. The summed E-state index contributed by atoms with van der Waals surface area (Å²) in [6.45, 7) is 4.20. The van der Waals surface area contributed by atoms with Gasteiger partial charge in [0, 0.05) is 17.3 Å². The molecule has 0 aliphatic carbocycles. The summed E-state index contributed by atoms with van der Waals surface area (Å²) in [7, 11) is 3.31. The third-order valence-corrected chi connectivity index (χ3v) is 3.56. The average Bonchev–Trinajstić information content (AvgIpc) is 2.97. The number of rotatable bonds is 4. The predicted molar refractivity (Wildman–Crippen MR) is 84.4 cm³/mol. The lowest BCUT2D eigenvalue weighted by molar-refractivity contribution is 0.382. The first kappa shape index (κ1) is 14.4. The highest BCUT2D eigenvalue weighted by molar-refractivity contribution is 5.76. The van der Waals surface area contributed by atoms with E-state index in [0.29, 0.717) is 11.5 Å². The molecule has 0 bridgehead atoms. The number of ether oxygens (including phenoxy) is 2. The fourth-order valence-corrected chi connectivity index (χ4v) is 2.53. The van der Waals surface area contributed by atoms with E-state index in [4.69, 9.17) is 13.9 Å². The molecule has 0 atom stereocenters. The SMILES string of the molecule is COc1cc(-c2nc3ccncc3o2)cc(OC)c1C(C)C. The van der Waals surface area contributed by atoms with Crippen LogP contribution in [0.3, 0.4) is 0 Å². The summed E-state index contributed by atoms with van der Waals surface area (Å²) in [5.74, 6) is 2.34. The molecule has 0 saturated heterocycles. The normalized spacial score (nSPS) is 11.1. The van der Waals surface area contributed by atoms with Crippen LogP contribution < -0.4 is 9.47 Å². The molecule has 3 rings (SSSR count). The minimum atomic E-state index is 0.284. The Morgan fingerprint density at radius 3 is 2.32 bits per heavy atom. The van der Waals surface area contributed by atoms with Crippen molar-refractivity contribution in [2.24, 2.45) is 0 Å². The number of benzene rings is 1. The lowest BCUT2D eigenvalue weighted by Gasteiger charge is -2.17. The van der Waals surface area contributed by atoms with Crippen LogP contribution in [-0.2, 0) is 0 Å². The van der Waals surface area contributed by atoms with E-state index in [2.05, 4.69) is 23.8 Å². The molecule has 114 valence electrons. The zero-order valence-electron chi connectivity index (χ0n) is 13.1. The molecular formula is C17H18N2O3. The van der Waals surface area contributed by atoms with Gasteiger partial charge in [-0.15, -0.1) is 0 Å². The Balaban J connectivity index is 2.18. The Morgan fingerprint density at radius 1 is 1.09 bits per heavy atom. The third-order valence-electron chi connectivity index (χ3n) is 3.56. The van der Waals surface area contributed by atoms with Gasteiger partial charge in [0.1, 0.15) is 17.0 Å². The zero-order valence-corrected chi connectivity index (χ0v) is 13.1. The van der Waals surface area contributed by atoms with E-state index in [1.807, 2.05) is 18.2 Å². The first-order chi connectivity index (χ1) is 10.6. The van der Waals surface area contributed by atoms with Gasteiger partial charge in [0.15, 0.2) is 5.58 Å². The second-order valence-corrected chi connectivity index (χ2v) is 5.31. The molecule has 0 aliphatic heterocycles. The van der Waals surface area contributed by atoms with Crippen molar-refractivity contribution in [2.75, 3.05) is 14.2 Å². The molecule has 0 saturated carbocycles. The van der Waals surface area contributed by atoms with Crippen LogP contribution in [-0.4, -0.2) is 24.2 Å². The van der Waals surface area contributed by atoms with Crippen molar-refractivity contribution < 1.29 is 13.9 Å². The number of hydrogen-bond donors (Lipinski definition) is 0. The Morgan fingerprint density at radius 2 is 1.77 bits per heavy atom. The van der Waals surface area contributed by atoms with Crippen LogP contribution in [0.25, 0.3) is 22.6 Å². The van der Waals surface area contributed by atoms with E-state index in [9.17, 15) is 0 Å². The molecule has 2 heterocycles. The highest BCUT2D eigenvalue weighted by atomic mass is 16.5. The van der Waals surface area contributed by atoms with Crippen molar-refractivity contribution in [3.8, 4) is 23.0 Å². The van der Waals surface area contributed by atoms with Crippen molar-refractivity contribution in [3.63, 3.8) is 0 Å². The highest BCUT2D eigenvalue weighted by Crippen LogP contribution is 2.39. The van der Waals surface area contributed by atoms with Gasteiger partial charge in [0.25, 0.3) is 0 Å². The molecule has 0 fully saturated rings. The Labute approximate surface area is 128 Å². The third kappa shape index (κ3) is 2.39. The highest BCUT2D eigenvalue weighted by Gasteiger charge is 2.18. The summed E-state index contributed by atoms with van der Waals surface area (Å²) >= 11 is 0. The summed E-state index contributed by atoms with van der Waals surface area (Å²) in [6.07, 6.45) is 3.35. The van der Waals surface area contributed by atoms with Crippen LogP contribution in [0, 0.1) is 0 Å². The van der Waals surface area contributed by atoms with E-state index in [1.165, 1.54) is 0 Å². The van der Waals surface area contributed by atoms with Gasteiger partial charge in [-0.25, -0.2) is 4.98 Å². The maximum Gasteiger partial charge on any atom is 0.227 e. The van der Waals surface area contributed by atoms with Gasteiger partial charge < -0.3 is 13.9 Å². The molecule has 22 heavy (non-hydrogen) atoms. The number of methoxy groups -OCH3 is 2. The molecule has 3 aromatic rings. The van der Waals surface area contributed by atoms with Gasteiger partial charge in [-0.2, -0.15) is 0 Å².